The van der Waals surface area contributed by atoms with Crippen molar-refractivity contribution in [2.45, 2.75) is 38.8 Å². The maximum absolute atomic E-state index is 12.1. The average Bonchev–Trinajstić information content (AvgIpc) is 2.45. The largest absolute Gasteiger partial charge is 0.351 e. The zero-order chi connectivity index (χ0) is 13.7. The molecule has 1 amide bonds. The van der Waals surface area contributed by atoms with Crippen LogP contribution in [0.4, 0.5) is 0 Å². The first-order valence-electron chi connectivity index (χ1n) is 6.94. The van der Waals surface area contributed by atoms with Crippen molar-refractivity contribution in [3.8, 4) is 0 Å². The number of rotatable bonds is 4. The molecule has 4 heteroatoms. The Morgan fingerprint density at radius 1 is 1.53 bits per heavy atom. The third-order valence-corrected chi connectivity index (χ3v) is 4.00. The Balaban J connectivity index is 1.84. The van der Waals surface area contributed by atoms with E-state index in [1.165, 1.54) is 6.42 Å². The molecule has 1 fully saturated rings. The zero-order valence-corrected chi connectivity index (χ0v) is 12.0. The quantitative estimate of drug-likeness (QED) is 0.890. The van der Waals surface area contributed by atoms with Crippen molar-refractivity contribution in [3.63, 3.8) is 0 Å². The van der Waals surface area contributed by atoms with Crippen molar-refractivity contribution in [2.24, 2.45) is 5.92 Å². The fraction of sp³-hybridized carbons (Fsp3) is 0.533. The molecule has 104 valence electrons. The molecule has 0 spiro atoms. The summed E-state index contributed by atoms with van der Waals surface area (Å²) < 4.78 is 0. The van der Waals surface area contributed by atoms with Gasteiger partial charge in [0.1, 0.15) is 0 Å². The van der Waals surface area contributed by atoms with E-state index in [0.717, 1.165) is 24.9 Å². The SMILES string of the molecule is CCC1CCNC(C(=O)NCc2cccc(Cl)c2)C1. The van der Waals surface area contributed by atoms with Gasteiger partial charge in [-0.25, -0.2) is 0 Å². The van der Waals surface area contributed by atoms with Crippen molar-refractivity contribution >= 4 is 17.5 Å². The number of carbonyl (C=O) groups excluding carboxylic acids is 1. The number of hydrogen-bond donors (Lipinski definition) is 2. The van der Waals surface area contributed by atoms with Gasteiger partial charge in [-0.1, -0.05) is 37.1 Å². The molecule has 1 saturated heterocycles. The normalized spacial score (nSPS) is 23.1. The highest BCUT2D eigenvalue weighted by atomic mass is 35.5. The van der Waals surface area contributed by atoms with E-state index in [1.807, 2.05) is 24.3 Å². The Morgan fingerprint density at radius 3 is 3.11 bits per heavy atom. The lowest BCUT2D eigenvalue weighted by molar-refractivity contribution is -0.124. The number of carbonyl (C=O) groups is 1. The summed E-state index contributed by atoms with van der Waals surface area (Å²) >= 11 is 5.92. The third-order valence-electron chi connectivity index (χ3n) is 3.76. The molecule has 0 aliphatic carbocycles. The van der Waals surface area contributed by atoms with Crippen molar-refractivity contribution in [1.29, 1.82) is 0 Å². The molecule has 2 rings (SSSR count). The van der Waals surface area contributed by atoms with E-state index in [1.54, 1.807) is 0 Å². The number of benzene rings is 1. The van der Waals surface area contributed by atoms with E-state index < -0.39 is 0 Å². The van der Waals surface area contributed by atoms with E-state index in [2.05, 4.69) is 17.6 Å². The van der Waals surface area contributed by atoms with Crippen LogP contribution in [0.1, 0.15) is 31.7 Å². The average molecular weight is 281 g/mol. The number of piperidine rings is 1. The van der Waals surface area contributed by atoms with Gasteiger partial charge in [-0.05, 0) is 43.0 Å². The monoisotopic (exact) mass is 280 g/mol. The molecule has 2 N–H and O–H groups in total. The summed E-state index contributed by atoms with van der Waals surface area (Å²) in [6.07, 6.45) is 3.27. The maximum atomic E-state index is 12.1. The van der Waals surface area contributed by atoms with Crippen LogP contribution in [0.25, 0.3) is 0 Å². The van der Waals surface area contributed by atoms with Crippen LogP contribution in [0.3, 0.4) is 0 Å². The van der Waals surface area contributed by atoms with Crippen LogP contribution in [0.5, 0.6) is 0 Å². The van der Waals surface area contributed by atoms with Crippen LogP contribution in [0.2, 0.25) is 5.02 Å². The smallest absolute Gasteiger partial charge is 0.237 e. The van der Waals surface area contributed by atoms with Crippen LogP contribution in [-0.2, 0) is 11.3 Å². The minimum Gasteiger partial charge on any atom is -0.351 e. The van der Waals surface area contributed by atoms with Gasteiger partial charge in [-0.2, -0.15) is 0 Å². The van der Waals surface area contributed by atoms with Crippen molar-refractivity contribution in [2.75, 3.05) is 6.54 Å². The van der Waals surface area contributed by atoms with Crippen LogP contribution in [0.15, 0.2) is 24.3 Å². The molecule has 0 radical (unpaired) electrons. The molecule has 2 atom stereocenters. The lowest BCUT2D eigenvalue weighted by Crippen LogP contribution is -2.48. The first-order valence-corrected chi connectivity index (χ1v) is 7.32. The molecular formula is C15H21ClN2O. The lowest BCUT2D eigenvalue weighted by atomic mass is 9.90. The molecule has 19 heavy (non-hydrogen) atoms. The van der Waals surface area contributed by atoms with Gasteiger partial charge in [0.15, 0.2) is 0 Å². The fourth-order valence-corrected chi connectivity index (χ4v) is 2.74. The summed E-state index contributed by atoms with van der Waals surface area (Å²) in [6.45, 7) is 3.67. The van der Waals surface area contributed by atoms with E-state index in [4.69, 9.17) is 11.6 Å². The number of nitrogens with one attached hydrogen (secondary N) is 2. The summed E-state index contributed by atoms with van der Waals surface area (Å²) in [5.41, 5.74) is 1.03. The van der Waals surface area contributed by atoms with Crippen LogP contribution in [0, 0.1) is 5.92 Å². The number of amides is 1. The van der Waals surface area contributed by atoms with Gasteiger partial charge in [0, 0.05) is 11.6 Å². The van der Waals surface area contributed by atoms with E-state index in [-0.39, 0.29) is 11.9 Å². The van der Waals surface area contributed by atoms with Gasteiger partial charge >= 0.3 is 0 Å². The number of halogens is 1. The summed E-state index contributed by atoms with van der Waals surface area (Å²) in [5, 5.41) is 6.98. The predicted octanol–water partition coefficient (Wildman–Crippen LogP) is 2.73. The minimum absolute atomic E-state index is 0.0436. The van der Waals surface area contributed by atoms with E-state index in [9.17, 15) is 4.79 Å². The molecule has 3 nitrogen and oxygen atoms in total. The van der Waals surface area contributed by atoms with Crippen molar-refractivity contribution < 1.29 is 4.79 Å². The van der Waals surface area contributed by atoms with Crippen molar-refractivity contribution in [3.05, 3.63) is 34.9 Å². The van der Waals surface area contributed by atoms with Gasteiger partial charge in [0.05, 0.1) is 6.04 Å². The summed E-state index contributed by atoms with van der Waals surface area (Å²) in [5.74, 6) is 0.765. The van der Waals surface area contributed by atoms with Gasteiger partial charge in [0.25, 0.3) is 0 Å². The zero-order valence-electron chi connectivity index (χ0n) is 11.3. The molecule has 1 heterocycles. The predicted molar refractivity (Wildman–Crippen MR) is 78.1 cm³/mol. The topological polar surface area (TPSA) is 41.1 Å². The van der Waals surface area contributed by atoms with Gasteiger partial charge in [0.2, 0.25) is 5.91 Å². The molecule has 0 bridgehead atoms. The fourth-order valence-electron chi connectivity index (χ4n) is 2.53. The summed E-state index contributed by atoms with van der Waals surface area (Å²) in [7, 11) is 0. The molecule has 1 aromatic carbocycles. The standard InChI is InChI=1S/C15H21ClN2O/c1-2-11-6-7-17-14(9-11)15(19)18-10-12-4-3-5-13(16)8-12/h3-5,8,11,14,17H,2,6-7,9-10H2,1H3,(H,18,19). The second-order valence-corrected chi connectivity index (χ2v) is 5.59. The highest BCUT2D eigenvalue weighted by Gasteiger charge is 2.25. The molecule has 0 saturated carbocycles. The molecule has 1 aromatic rings. The highest BCUT2D eigenvalue weighted by Crippen LogP contribution is 2.19. The van der Waals surface area contributed by atoms with Gasteiger partial charge < -0.3 is 10.6 Å². The Hall–Kier alpha value is -1.06. The Morgan fingerprint density at radius 2 is 2.37 bits per heavy atom. The van der Waals surface area contributed by atoms with Crippen LogP contribution in [-0.4, -0.2) is 18.5 Å². The van der Waals surface area contributed by atoms with Gasteiger partial charge in [-0.15, -0.1) is 0 Å². The van der Waals surface area contributed by atoms with Crippen LogP contribution < -0.4 is 10.6 Å². The third kappa shape index (κ3) is 4.22. The minimum atomic E-state index is -0.0436. The second-order valence-electron chi connectivity index (χ2n) is 5.15. The number of hydrogen-bond acceptors (Lipinski definition) is 2. The van der Waals surface area contributed by atoms with E-state index in [0.29, 0.717) is 17.5 Å². The second kappa shape index (κ2) is 6.92. The van der Waals surface area contributed by atoms with Crippen molar-refractivity contribution in [1.82, 2.24) is 10.6 Å². The molecular weight excluding hydrogens is 260 g/mol. The molecule has 1 aliphatic rings. The summed E-state index contributed by atoms with van der Waals surface area (Å²) in [4.78, 5) is 12.1. The first-order chi connectivity index (χ1) is 9.19. The lowest BCUT2D eigenvalue weighted by Gasteiger charge is -2.28. The Labute approximate surface area is 119 Å². The Bertz CT molecular complexity index is 436. The maximum Gasteiger partial charge on any atom is 0.237 e. The highest BCUT2D eigenvalue weighted by molar-refractivity contribution is 6.30. The van der Waals surface area contributed by atoms with E-state index >= 15 is 0 Å². The molecule has 0 aromatic heterocycles. The summed E-state index contributed by atoms with van der Waals surface area (Å²) in [6, 6.07) is 7.54. The molecule has 1 aliphatic heterocycles. The molecule has 2 unspecified atom stereocenters. The Kier molecular flexibility index (Phi) is 5.23. The van der Waals surface area contributed by atoms with Gasteiger partial charge in [-0.3, -0.25) is 4.79 Å². The van der Waals surface area contributed by atoms with Crippen LogP contribution >= 0.6 is 11.6 Å². The first kappa shape index (κ1) is 14.4.